The molecular weight excluding hydrogens is 280 g/mol. The zero-order valence-electron chi connectivity index (χ0n) is 10.7. The van der Waals surface area contributed by atoms with Crippen molar-refractivity contribution in [3.63, 3.8) is 0 Å². The third kappa shape index (κ3) is 2.71. The van der Waals surface area contributed by atoms with Gasteiger partial charge in [0, 0.05) is 11.0 Å². The Kier molecular flexibility index (Phi) is 3.61. The molecule has 2 rings (SSSR count). The van der Waals surface area contributed by atoms with Gasteiger partial charge in [0.1, 0.15) is 4.90 Å². The normalized spacial score (nSPS) is 11.3. The van der Waals surface area contributed by atoms with Crippen molar-refractivity contribution in [3.8, 4) is 5.75 Å². The molecule has 0 atom stereocenters. The Morgan fingerprint density at radius 2 is 1.85 bits per heavy atom. The Hall–Kier alpha value is -2.18. The van der Waals surface area contributed by atoms with E-state index in [-0.39, 0.29) is 16.7 Å². The summed E-state index contributed by atoms with van der Waals surface area (Å²) in [7, 11) is -4.54. The van der Waals surface area contributed by atoms with Gasteiger partial charge in [-0.05, 0) is 18.4 Å². The summed E-state index contributed by atoms with van der Waals surface area (Å²) < 4.78 is 37.5. The zero-order chi connectivity index (χ0) is 14.9. The van der Waals surface area contributed by atoms with Gasteiger partial charge in [-0.2, -0.15) is 8.42 Å². The Balaban J connectivity index is 2.72. The highest BCUT2D eigenvalue weighted by molar-refractivity contribution is 7.86. The van der Waals surface area contributed by atoms with Gasteiger partial charge in [-0.15, -0.1) is 0 Å². The number of hydrogen-bond donors (Lipinski definition) is 1. The van der Waals surface area contributed by atoms with E-state index in [0.717, 1.165) is 0 Å². The molecule has 2 aromatic carbocycles. The van der Waals surface area contributed by atoms with Gasteiger partial charge in [0.2, 0.25) is 0 Å². The number of ether oxygens (including phenoxy) is 1. The van der Waals surface area contributed by atoms with Crippen LogP contribution in [-0.4, -0.2) is 18.9 Å². The van der Waals surface area contributed by atoms with Crippen LogP contribution in [0.5, 0.6) is 5.75 Å². The molecule has 0 aromatic heterocycles. The maximum Gasteiger partial charge on any atom is 0.338 e. The van der Waals surface area contributed by atoms with Gasteiger partial charge < -0.3 is 4.74 Å². The molecule has 0 spiro atoms. The molecule has 0 saturated heterocycles. The van der Waals surface area contributed by atoms with E-state index in [1.807, 2.05) is 0 Å². The summed E-state index contributed by atoms with van der Waals surface area (Å²) in [6, 6.07) is 9.50. The molecule has 0 saturated carbocycles. The van der Waals surface area contributed by atoms with Crippen LogP contribution in [0.3, 0.4) is 0 Å². The first kappa shape index (κ1) is 14.2. The van der Waals surface area contributed by atoms with Crippen LogP contribution in [0, 0.1) is 0 Å². The first-order valence-electron chi connectivity index (χ1n) is 5.67. The monoisotopic (exact) mass is 292 g/mol. The first-order valence-corrected chi connectivity index (χ1v) is 7.11. The molecular formula is C14H12O5S. The lowest BCUT2D eigenvalue weighted by Gasteiger charge is -2.10. The molecule has 6 heteroatoms. The fourth-order valence-electron chi connectivity index (χ4n) is 1.76. The Labute approximate surface area is 116 Å². The predicted octanol–water partition coefficient (Wildman–Crippen LogP) is 2.57. The molecule has 0 amide bonds. The standard InChI is InChI=1S/C14H12O5S/c1-9(2)14(15)19-12-8-7-10-5-3-4-6-11(10)13(12)20(16,17)18/h3-8H,1H2,2H3,(H,16,17,18). The molecule has 0 unspecified atom stereocenters. The minimum atomic E-state index is -4.54. The second-order valence-corrected chi connectivity index (χ2v) is 5.62. The van der Waals surface area contributed by atoms with Crippen LogP contribution in [0.25, 0.3) is 10.8 Å². The summed E-state index contributed by atoms with van der Waals surface area (Å²) in [5.74, 6) is -0.982. The van der Waals surface area contributed by atoms with Crippen molar-refractivity contribution in [2.45, 2.75) is 11.8 Å². The van der Waals surface area contributed by atoms with Gasteiger partial charge in [-0.3, -0.25) is 4.55 Å². The molecule has 0 aliphatic carbocycles. The fraction of sp³-hybridized carbons (Fsp3) is 0.0714. The SMILES string of the molecule is C=C(C)C(=O)Oc1ccc2ccccc2c1S(=O)(=O)O. The van der Waals surface area contributed by atoms with E-state index in [1.165, 1.54) is 19.1 Å². The topological polar surface area (TPSA) is 80.7 Å². The van der Waals surface area contributed by atoms with E-state index in [9.17, 15) is 17.8 Å². The smallest absolute Gasteiger partial charge is 0.338 e. The third-order valence-electron chi connectivity index (χ3n) is 2.65. The fourth-order valence-corrected chi connectivity index (χ4v) is 2.58. The summed E-state index contributed by atoms with van der Waals surface area (Å²) in [4.78, 5) is 11.1. The largest absolute Gasteiger partial charge is 0.422 e. The summed E-state index contributed by atoms with van der Waals surface area (Å²) in [6.45, 7) is 4.86. The van der Waals surface area contributed by atoms with E-state index < -0.39 is 21.0 Å². The maximum absolute atomic E-state index is 11.6. The molecule has 0 aliphatic rings. The van der Waals surface area contributed by atoms with Gasteiger partial charge in [-0.25, -0.2) is 4.79 Å². The van der Waals surface area contributed by atoms with Gasteiger partial charge in [0.15, 0.2) is 5.75 Å². The third-order valence-corrected chi connectivity index (χ3v) is 3.59. The maximum atomic E-state index is 11.6. The highest BCUT2D eigenvalue weighted by Crippen LogP contribution is 2.32. The van der Waals surface area contributed by atoms with Gasteiger partial charge in [-0.1, -0.05) is 36.9 Å². The van der Waals surface area contributed by atoms with E-state index >= 15 is 0 Å². The van der Waals surface area contributed by atoms with Crippen LogP contribution in [0.1, 0.15) is 6.92 Å². The van der Waals surface area contributed by atoms with E-state index in [1.54, 1.807) is 24.3 Å². The molecule has 5 nitrogen and oxygen atoms in total. The van der Waals surface area contributed by atoms with E-state index in [4.69, 9.17) is 4.74 Å². The van der Waals surface area contributed by atoms with Crippen molar-refractivity contribution in [2.24, 2.45) is 0 Å². The summed E-state index contributed by atoms with van der Waals surface area (Å²) in [5.41, 5.74) is 0.124. The average Bonchev–Trinajstić information content (AvgIpc) is 2.36. The lowest BCUT2D eigenvalue weighted by Crippen LogP contribution is -2.11. The summed E-state index contributed by atoms with van der Waals surface area (Å²) in [5, 5.41) is 0.886. The van der Waals surface area contributed by atoms with E-state index in [0.29, 0.717) is 5.39 Å². The van der Waals surface area contributed by atoms with Gasteiger partial charge >= 0.3 is 5.97 Å². The first-order chi connectivity index (χ1) is 9.30. The minimum absolute atomic E-state index is 0.124. The van der Waals surface area contributed by atoms with Crippen molar-refractivity contribution in [2.75, 3.05) is 0 Å². The van der Waals surface area contributed by atoms with Crippen LogP contribution >= 0.6 is 0 Å². The number of esters is 1. The van der Waals surface area contributed by atoms with Crippen LogP contribution in [0.15, 0.2) is 53.4 Å². The minimum Gasteiger partial charge on any atom is -0.422 e. The van der Waals surface area contributed by atoms with Crippen LogP contribution < -0.4 is 4.74 Å². The average molecular weight is 292 g/mol. The number of carbonyl (C=O) groups excluding carboxylic acids is 1. The number of benzene rings is 2. The second kappa shape index (κ2) is 5.07. The highest BCUT2D eigenvalue weighted by Gasteiger charge is 2.22. The summed E-state index contributed by atoms with van der Waals surface area (Å²) in [6.07, 6.45) is 0. The lowest BCUT2D eigenvalue weighted by atomic mass is 10.1. The molecule has 1 N–H and O–H groups in total. The Morgan fingerprint density at radius 3 is 2.45 bits per heavy atom. The van der Waals surface area contributed by atoms with Crippen LogP contribution in [0.2, 0.25) is 0 Å². The predicted molar refractivity (Wildman–Crippen MR) is 74.2 cm³/mol. The molecule has 0 bridgehead atoms. The molecule has 20 heavy (non-hydrogen) atoms. The molecule has 0 heterocycles. The summed E-state index contributed by atoms with van der Waals surface area (Å²) >= 11 is 0. The molecule has 2 aromatic rings. The van der Waals surface area contributed by atoms with E-state index in [2.05, 4.69) is 6.58 Å². The number of hydrogen-bond acceptors (Lipinski definition) is 4. The quantitative estimate of drug-likeness (QED) is 0.407. The molecule has 104 valence electrons. The zero-order valence-corrected chi connectivity index (χ0v) is 11.5. The van der Waals surface area contributed by atoms with Crippen molar-refractivity contribution in [3.05, 3.63) is 48.6 Å². The number of rotatable bonds is 3. The van der Waals surface area contributed by atoms with Crippen LogP contribution in [-0.2, 0) is 14.9 Å². The molecule has 0 fully saturated rings. The Bertz CT molecular complexity index is 805. The molecule has 0 aliphatic heterocycles. The molecule has 0 radical (unpaired) electrons. The van der Waals surface area contributed by atoms with Crippen molar-refractivity contribution < 1.29 is 22.5 Å². The second-order valence-electron chi connectivity index (χ2n) is 4.26. The van der Waals surface area contributed by atoms with Crippen LogP contribution in [0.4, 0.5) is 0 Å². The van der Waals surface area contributed by atoms with Crippen molar-refractivity contribution >= 4 is 26.9 Å². The van der Waals surface area contributed by atoms with Crippen molar-refractivity contribution in [1.29, 1.82) is 0 Å². The van der Waals surface area contributed by atoms with Gasteiger partial charge in [0.25, 0.3) is 10.1 Å². The number of carbonyl (C=O) groups is 1. The number of fused-ring (bicyclic) bond motifs is 1. The van der Waals surface area contributed by atoms with Gasteiger partial charge in [0.05, 0.1) is 0 Å². The lowest BCUT2D eigenvalue weighted by molar-refractivity contribution is -0.130. The highest BCUT2D eigenvalue weighted by atomic mass is 32.2. The Morgan fingerprint density at radius 1 is 1.20 bits per heavy atom. The van der Waals surface area contributed by atoms with Crippen molar-refractivity contribution in [1.82, 2.24) is 0 Å².